The van der Waals surface area contributed by atoms with Crippen molar-refractivity contribution in [1.29, 1.82) is 0 Å². The fraction of sp³-hybridized carbons (Fsp3) is 0.0385. The van der Waals surface area contributed by atoms with Crippen molar-refractivity contribution in [1.82, 2.24) is 14.0 Å². The average Bonchev–Trinajstić information content (AvgIpc) is 3.78. The summed E-state index contributed by atoms with van der Waals surface area (Å²) in [6.07, 6.45) is -0.312. The number of hydrogen-bond donors (Lipinski definition) is 0. The van der Waals surface area contributed by atoms with Crippen molar-refractivity contribution in [3.8, 4) is 22.5 Å². The van der Waals surface area contributed by atoms with Crippen LogP contribution in [0.25, 0.3) is 66.1 Å². The summed E-state index contributed by atoms with van der Waals surface area (Å²) in [5, 5.41) is 4.94. The van der Waals surface area contributed by atoms with Gasteiger partial charge < -0.3 is 14.0 Å². The fourth-order valence-corrected chi connectivity index (χ4v) is 8.68. The second kappa shape index (κ2) is 13.4. The lowest BCUT2D eigenvalue weighted by Crippen LogP contribution is -2.35. The second-order valence-corrected chi connectivity index (χ2v) is 14.7. The van der Waals surface area contributed by atoms with Gasteiger partial charge in [0.05, 0.1) is 22.1 Å². The van der Waals surface area contributed by atoms with Gasteiger partial charge in [-0.1, -0.05) is 146 Å². The number of aromatic nitrogens is 2. The number of amidine groups is 2. The van der Waals surface area contributed by atoms with Gasteiger partial charge in [0.25, 0.3) is 0 Å². The molecule has 0 aliphatic carbocycles. The van der Waals surface area contributed by atoms with Crippen molar-refractivity contribution >= 4 is 55.3 Å². The minimum Gasteiger partial charge on any atom is -0.333 e. The molecule has 2 aromatic heterocycles. The number of rotatable bonds is 6. The maximum absolute atomic E-state index is 5.41. The Labute approximate surface area is 330 Å². The largest absolute Gasteiger partial charge is 0.333 e. The van der Waals surface area contributed by atoms with Gasteiger partial charge in [-0.25, -0.2) is 9.98 Å². The van der Waals surface area contributed by atoms with Crippen LogP contribution in [-0.2, 0) is 0 Å². The summed E-state index contributed by atoms with van der Waals surface area (Å²) in [5.74, 6) is 1.60. The number of fused-ring (bicyclic) bond motifs is 6. The van der Waals surface area contributed by atoms with Crippen LogP contribution >= 0.6 is 0 Å². The van der Waals surface area contributed by atoms with Crippen LogP contribution in [0.4, 0.5) is 0 Å². The van der Waals surface area contributed by atoms with E-state index >= 15 is 0 Å². The molecule has 57 heavy (non-hydrogen) atoms. The quantitative estimate of drug-likeness (QED) is 0.168. The summed E-state index contributed by atoms with van der Waals surface area (Å²) in [4.78, 5) is 12.8. The molecular formula is C52H37N5. The first kappa shape index (κ1) is 32.9. The minimum absolute atomic E-state index is 0.312. The van der Waals surface area contributed by atoms with Gasteiger partial charge in [0.2, 0.25) is 0 Å². The molecule has 0 saturated carbocycles. The monoisotopic (exact) mass is 731 g/mol. The lowest BCUT2D eigenvalue weighted by atomic mass is 10.0. The number of hydrogen-bond acceptors (Lipinski definition) is 3. The fourth-order valence-electron chi connectivity index (χ4n) is 8.68. The Balaban J connectivity index is 1.10. The lowest BCUT2D eigenvalue weighted by Gasteiger charge is -2.32. The van der Waals surface area contributed by atoms with Crippen molar-refractivity contribution in [3.63, 3.8) is 0 Å². The molecule has 0 fully saturated rings. The number of benzene rings is 8. The van der Waals surface area contributed by atoms with Gasteiger partial charge in [-0.05, 0) is 71.3 Å². The van der Waals surface area contributed by atoms with Crippen molar-refractivity contribution in [3.05, 3.63) is 217 Å². The normalized spacial score (nSPS) is 14.4. The van der Waals surface area contributed by atoms with Crippen molar-refractivity contribution in [2.45, 2.75) is 6.17 Å². The van der Waals surface area contributed by atoms with E-state index < -0.39 is 0 Å². The molecule has 1 aliphatic heterocycles. The Morgan fingerprint density at radius 2 is 0.912 bits per heavy atom. The van der Waals surface area contributed by atoms with Crippen molar-refractivity contribution in [2.75, 3.05) is 7.05 Å². The molecule has 1 atom stereocenters. The highest BCUT2D eigenvalue weighted by molar-refractivity contribution is 6.19. The van der Waals surface area contributed by atoms with Crippen LogP contribution in [0.15, 0.2) is 210 Å². The summed E-state index contributed by atoms with van der Waals surface area (Å²) >= 11 is 0. The molecule has 11 rings (SSSR count). The molecule has 0 bridgehead atoms. The molecule has 5 heteroatoms. The minimum atomic E-state index is -0.312. The third kappa shape index (κ3) is 5.47. The van der Waals surface area contributed by atoms with Crippen LogP contribution in [0.1, 0.15) is 22.9 Å². The van der Waals surface area contributed by atoms with E-state index in [1.54, 1.807) is 0 Å². The molecule has 10 aromatic rings. The molecule has 1 unspecified atom stereocenters. The smallest absolute Gasteiger partial charge is 0.159 e. The predicted octanol–water partition coefficient (Wildman–Crippen LogP) is 12.4. The summed E-state index contributed by atoms with van der Waals surface area (Å²) in [7, 11) is 2.10. The first-order chi connectivity index (χ1) is 28.2. The molecule has 5 nitrogen and oxygen atoms in total. The molecule has 1 aliphatic rings. The maximum Gasteiger partial charge on any atom is 0.159 e. The van der Waals surface area contributed by atoms with Crippen LogP contribution in [0, 0.1) is 0 Å². The standard InChI is InChI=1S/C52H37N5/c1-55-51(36-19-7-3-8-20-36)53-50(38-22-15-21-37(31-38)35-17-5-2-6-18-35)54-52(55)39-23-16-26-41(32-39)57-47-30-14-12-28-43(47)45-33-44-42-27-11-13-29-46(42)56(48(44)34-49(45)57)40-24-9-4-10-25-40/h2-34,52H,1H3. The van der Waals surface area contributed by atoms with Crippen LogP contribution in [0.3, 0.4) is 0 Å². The van der Waals surface area contributed by atoms with E-state index in [0.29, 0.717) is 5.84 Å². The Hall–Kier alpha value is -7.50. The molecule has 0 amide bonds. The van der Waals surface area contributed by atoms with Gasteiger partial charge in [0, 0.05) is 51.1 Å². The molecule has 0 radical (unpaired) electrons. The van der Waals surface area contributed by atoms with E-state index in [0.717, 1.165) is 50.5 Å². The average molecular weight is 732 g/mol. The predicted molar refractivity (Wildman–Crippen MR) is 237 cm³/mol. The zero-order valence-electron chi connectivity index (χ0n) is 31.4. The highest BCUT2D eigenvalue weighted by Gasteiger charge is 2.28. The zero-order valence-corrected chi connectivity index (χ0v) is 31.4. The highest BCUT2D eigenvalue weighted by atomic mass is 15.3. The first-order valence-electron chi connectivity index (χ1n) is 19.4. The Morgan fingerprint density at radius 1 is 0.386 bits per heavy atom. The first-order valence-corrected chi connectivity index (χ1v) is 19.4. The van der Waals surface area contributed by atoms with Crippen LogP contribution < -0.4 is 0 Å². The summed E-state index contributed by atoms with van der Waals surface area (Å²) < 4.78 is 4.82. The van der Waals surface area contributed by atoms with E-state index in [1.807, 2.05) is 12.1 Å². The third-order valence-electron chi connectivity index (χ3n) is 11.3. The molecular weight excluding hydrogens is 695 g/mol. The Kier molecular flexibility index (Phi) is 7.71. The Bertz CT molecular complexity index is 3190. The Morgan fingerprint density at radius 3 is 1.60 bits per heavy atom. The lowest BCUT2D eigenvalue weighted by molar-refractivity contribution is 0.383. The third-order valence-corrected chi connectivity index (χ3v) is 11.3. The van der Waals surface area contributed by atoms with Gasteiger partial charge >= 0.3 is 0 Å². The highest BCUT2D eigenvalue weighted by Crippen LogP contribution is 2.40. The summed E-state index contributed by atoms with van der Waals surface area (Å²) in [6, 6.07) is 71.3. The molecule has 8 aromatic carbocycles. The summed E-state index contributed by atoms with van der Waals surface area (Å²) in [5.41, 5.74) is 12.3. The maximum atomic E-state index is 5.41. The van der Waals surface area contributed by atoms with Crippen molar-refractivity contribution < 1.29 is 0 Å². The molecule has 3 heterocycles. The van der Waals surface area contributed by atoms with Crippen molar-refractivity contribution in [2.24, 2.45) is 9.98 Å². The van der Waals surface area contributed by atoms with Gasteiger partial charge in [-0.2, -0.15) is 0 Å². The zero-order chi connectivity index (χ0) is 37.9. The van der Waals surface area contributed by atoms with Gasteiger partial charge in [0.15, 0.2) is 12.0 Å². The number of aliphatic imine (C=N–C) groups is 2. The summed E-state index contributed by atoms with van der Waals surface area (Å²) in [6.45, 7) is 0. The van der Waals surface area contributed by atoms with E-state index in [4.69, 9.17) is 9.98 Å². The molecule has 0 spiro atoms. The second-order valence-electron chi connectivity index (χ2n) is 14.7. The SMILES string of the molecule is CN1C(c2ccccc2)=NC(c2cccc(-c3ccccc3)c2)=NC1c1cccc(-n2c3ccccc3c3cc4c5ccccc5n(-c5ccccc5)c4cc32)c1. The van der Waals surface area contributed by atoms with Crippen LogP contribution in [0.2, 0.25) is 0 Å². The van der Waals surface area contributed by atoms with E-state index in [1.165, 1.54) is 38.1 Å². The number of nitrogens with zero attached hydrogens (tertiary/aromatic N) is 5. The van der Waals surface area contributed by atoms with Crippen LogP contribution in [-0.4, -0.2) is 32.8 Å². The van der Waals surface area contributed by atoms with Gasteiger partial charge in [0.1, 0.15) is 5.84 Å². The van der Waals surface area contributed by atoms with E-state index in [9.17, 15) is 0 Å². The topological polar surface area (TPSA) is 37.8 Å². The van der Waals surface area contributed by atoms with Gasteiger partial charge in [-0.3, -0.25) is 0 Å². The molecule has 270 valence electrons. The van der Waals surface area contributed by atoms with E-state index in [-0.39, 0.29) is 6.17 Å². The molecule has 0 saturated heterocycles. The van der Waals surface area contributed by atoms with Crippen LogP contribution in [0.5, 0.6) is 0 Å². The van der Waals surface area contributed by atoms with Gasteiger partial charge in [-0.15, -0.1) is 0 Å². The van der Waals surface area contributed by atoms with E-state index in [2.05, 4.69) is 209 Å². The number of para-hydroxylation sites is 3. The molecule has 0 N–H and O–H groups in total.